The molecule has 1 atom stereocenters. The van der Waals surface area contributed by atoms with Gasteiger partial charge in [-0.1, -0.05) is 5.16 Å². The molecule has 86 valence electrons. The van der Waals surface area contributed by atoms with Gasteiger partial charge in [-0.2, -0.15) is 9.97 Å². The first-order valence-corrected chi connectivity index (χ1v) is 4.84. The van der Waals surface area contributed by atoms with Crippen LogP contribution in [0.5, 0.6) is 0 Å². The molecule has 3 N–H and O–H groups in total. The molecule has 0 saturated heterocycles. The number of aromatic amines is 1. The van der Waals surface area contributed by atoms with Gasteiger partial charge in [0.1, 0.15) is 6.10 Å². The predicted molar refractivity (Wildman–Crippen MR) is 54.1 cm³/mol. The summed E-state index contributed by atoms with van der Waals surface area (Å²) < 4.78 is 10.3. The Kier molecular flexibility index (Phi) is 2.82. The molecule has 8 heteroatoms. The Morgan fingerprint density at radius 2 is 2.31 bits per heavy atom. The molecule has 2 heterocycles. The van der Waals surface area contributed by atoms with Gasteiger partial charge in [0.25, 0.3) is 5.89 Å². The Bertz CT molecular complexity index is 465. The number of hydrogen-bond donors (Lipinski definition) is 2. The highest BCUT2D eigenvalue weighted by Gasteiger charge is 2.16. The second-order valence-electron chi connectivity index (χ2n) is 3.10. The van der Waals surface area contributed by atoms with E-state index >= 15 is 0 Å². The molecule has 8 nitrogen and oxygen atoms in total. The summed E-state index contributed by atoms with van der Waals surface area (Å²) in [4.78, 5) is 7.99. The van der Waals surface area contributed by atoms with Crippen molar-refractivity contribution in [2.45, 2.75) is 20.0 Å². The van der Waals surface area contributed by atoms with Crippen LogP contribution in [0.15, 0.2) is 4.52 Å². The van der Waals surface area contributed by atoms with Crippen LogP contribution >= 0.6 is 0 Å². The van der Waals surface area contributed by atoms with E-state index in [4.69, 9.17) is 15.0 Å². The molecule has 2 aromatic heterocycles. The van der Waals surface area contributed by atoms with Crippen molar-refractivity contribution < 1.29 is 9.26 Å². The normalized spacial score (nSPS) is 12.9. The second kappa shape index (κ2) is 4.27. The summed E-state index contributed by atoms with van der Waals surface area (Å²) >= 11 is 0. The largest absolute Gasteiger partial charge is 0.371 e. The van der Waals surface area contributed by atoms with E-state index in [1.165, 1.54) is 0 Å². The van der Waals surface area contributed by atoms with Crippen molar-refractivity contribution >= 4 is 5.95 Å². The number of nitrogen functional groups attached to an aromatic ring is 1. The van der Waals surface area contributed by atoms with E-state index in [9.17, 15) is 0 Å². The topological polar surface area (TPSA) is 116 Å². The highest BCUT2D eigenvalue weighted by atomic mass is 16.5. The minimum Gasteiger partial charge on any atom is -0.371 e. The number of ether oxygens (including phenoxy) is 1. The first-order valence-electron chi connectivity index (χ1n) is 4.84. The van der Waals surface area contributed by atoms with Gasteiger partial charge in [0.15, 0.2) is 0 Å². The second-order valence-corrected chi connectivity index (χ2v) is 3.10. The van der Waals surface area contributed by atoms with Crippen LogP contribution in [0.4, 0.5) is 5.95 Å². The number of anilines is 1. The molecular weight excluding hydrogens is 212 g/mol. The fourth-order valence-electron chi connectivity index (χ4n) is 1.19. The van der Waals surface area contributed by atoms with Gasteiger partial charge in [-0.3, -0.25) is 5.10 Å². The van der Waals surface area contributed by atoms with Crippen LogP contribution in [0.2, 0.25) is 0 Å². The van der Waals surface area contributed by atoms with Gasteiger partial charge >= 0.3 is 0 Å². The minimum absolute atomic E-state index is 0.132. The molecule has 0 aliphatic rings. The van der Waals surface area contributed by atoms with Gasteiger partial charge in [0.05, 0.1) is 0 Å². The lowest BCUT2D eigenvalue weighted by Crippen LogP contribution is -2.01. The molecule has 2 rings (SSSR count). The van der Waals surface area contributed by atoms with E-state index in [2.05, 4.69) is 25.3 Å². The third-order valence-corrected chi connectivity index (χ3v) is 1.93. The third-order valence-electron chi connectivity index (χ3n) is 1.93. The molecule has 0 aliphatic carbocycles. The average molecular weight is 224 g/mol. The van der Waals surface area contributed by atoms with E-state index in [1.807, 2.05) is 13.8 Å². The maximum Gasteiger partial charge on any atom is 0.295 e. The van der Waals surface area contributed by atoms with E-state index in [0.717, 1.165) is 0 Å². The van der Waals surface area contributed by atoms with Crippen LogP contribution in [-0.2, 0) is 4.74 Å². The number of nitrogens with zero attached hydrogens (tertiary/aromatic N) is 4. The van der Waals surface area contributed by atoms with Gasteiger partial charge in [-0.05, 0) is 13.8 Å². The Balaban J connectivity index is 2.19. The number of aromatic nitrogens is 5. The monoisotopic (exact) mass is 224 g/mol. The number of H-pyrrole nitrogens is 1. The molecule has 1 unspecified atom stereocenters. The summed E-state index contributed by atoms with van der Waals surface area (Å²) in [5.74, 6) is 1.19. The standard InChI is InChI=1S/C8H12N6O2/c1-3-15-4(2)5-10-7(16-14-5)6-11-8(9)13-12-6/h4H,3H2,1-2H3,(H3,9,11,12,13). The third kappa shape index (κ3) is 2.01. The van der Waals surface area contributed by atoms with Crippen LogP contribution in [0.1, 0.15) is 25.8 Å². The fourth-order valence-corrected chi connectivity index (χ4v) is 1.19. The van der Waals surface area contributed by atoms with Gasteiger partial charge in [-0.15, -0.1) is 5.10 Å². The predicted octanol–water partition coefficient (Wildman–Crippen LogP) is 0.534. The summed E-state index contributed by atoms with van der Waals surface area (Å²) in [5, 5.41) is 10.0. The molecule has 16 heavy (non-hydrogen) atoms. The molecule has 0 spiro atoms. The van der Waals surface area contributed by atoms with Crippen LogP contribution in [0.3, 0.4) is 0 Å². The lowest BCUT2D eigenvalue weighted by atomic mass is 10.4. The van der Waals surface area contributed by atoms with Gasteiger partial charge < -0.3 is 15.0 Å². The molecule has 2 aromatic rings. The van der Waals surface area contributed by atoms with Crippen molar-refractivity contribution in [3.63, 3.8) is 0 Å². The summed E-state index contributed by atoms with van der Waals surface area (Å²) in [5.41, 5.74) is 5.36. The molecule has 0 aromatic carbocycles. The van der Waals surface area contributed by atoms with Crippen LogP contribution in [-0.4, -0.2) is 31.9 Å². The maximum atomic E-state index is 5.36. The van der Waals surface area contributed by atoms with Crippen molar-refractivity contribution in [2.75, 3.05) is 12.3 Å². The zero-order chi connectivity index (χ0) is 11.5. The summed E-state index contributed by atoms with van der Waals surface area (Å²) in [6.45, 7) is 4.32. The van der Waals surface area contributed by atoms with Crippen molar-refractivity contribution in [2.24, 2.45) is 0 Å². The van der Waals surface area contributed by atoms with Crippen LogP contribution in [0, 0.1) is 0 Å². The van der Waals surface area contributed by atoms with E-state index in [1.54, 1.807) is 0 Å². The molecule has 0 fully saturated rings. The number of nitrogens with one attached hydrogen (secondary N) is 1. The Morgan fingerprint density at radius 3 is 2.94 bits per heavy atom. The molecule has 0 radical (unpaired) electrons. The highest BCUT2D eigenvalue weighted by Crippen LogP contribution is 2.17. The fraction of sp³-hybridized carbons (Fsp3) is 0.500. The summed E-state index contributed by atoms with van der Waals surface area (Å²) in [6, 6.07) is 0. The smallest absolute Gasteiger partial charge is 0.295 e. The Morgan fingerprint density at radius 1 is 1.50 bits per heavy atom. The van der Waals surface area contributed by atoms with Crippen LogP contribution < -0.4 is 5.73 Å². The highest BCUT2D eigenvalue weighted by molar-refractivity contribution is 5.41. The lowest BCUT2D eigenvalue weighted by molar-refractivity contribution is 0.0683. The summed E-state index contributed by atoms with van der Waals surface area (Å²) in [7, 11) is 0. The Labute approximate surface area is 91.2 Å². The molecule has 0 amide bonds. The SMILES string of the molecule is CCOC(C)c1noc(-c2nc(N)n[nH]2)n1. The quantitative estimate of drug-likeness (QED) is 0.778. The van der Waals surface area contributed by atoms with Gasteiger partial charge in [0, 0.05) is 6.61 Å². The van der Waals surface area contributed by atoms with Gasteiger partial charge in [0.2, 0.25) is 17.6 Å². The lowest BCUT2D eigenvalue weighted by Gasteiger charge is -2.04. The van der Waals surface area contributed by atoms with E-state index < -0.39 is 0 Å². The Hall–Kier alpha value is -1.96. The first-order chi connectivity index (χ1) is 7.70. The average Bonchev–Trinajstić information content (AvgIpc) is 2.85. The number of rotatable bonds is 4. The minimum atomic E-state index is -0.220. The molecule has 0 aliphatic heterocycles. The van der Waals surface area contributed by atoms with Gasteiger partial charge in [-0.25, -0.2) is 0 Å². The van der Waals surface area contributed by atoms with E-state index in [-0.39, 0.29) is 17.9 Å². The molecular formula is C8H12N6O2. The summed E-state index contributed by atoms with van der Waals surface area (Å²) in [6.07, 6.45) is -0.220. The van der Waals surface area contributed by atoms with E-state index in [0.29, 0.717) is 18.3 Å². The first kappa shape index (κ1) is 10.6. The maximum absolute atomic E-state index is 5.36. The van der Waals surface area contributed by atoms with Crippen molar-refractivity contribution in [3.05, 3.63) is 5.82 Å². The number of hydrogen-bond acceptors (Lipinski definition) is 7. The van der Waals surface area contributed by atoms with Crippen molar-refractivity contribution in [1.82, 2.24) is 25.3 Å². The molecule has 0 bridgehead atoms. The zero-order valence-corrected chi connectivity index (χ0v) is 8.97. The molecule has 0 saturated carbocycles. The van der Waals surface area contributed by atoms with Crippen molar-refractivity contribution in [1.29, 1.82) is 0 Å². The van der Waals surface area contributed by atoms with Crippen molar-refractivity contribution in [3.8, 4) is 11.7 Å². The van der Waals surface area contributed by atoms with Crippen LogP contribution in [0.25, 0.3) is 11.7 Å². The number of nitrogens with two attached hydrogens (primary N) is 1. The zero-order valence-electron chi connectivity index (χ0n) is 8.97.